The second-order valence-corrected chi connectivity index (χ2v) is 6.35. The molecule has 0 saturated carbocycles. The number of nitrogens with zero attached hydrogens (tertiary/aromatic N) is 1. The third-order valence-electron chi connectivity index (χ3n) is 4.80. The molecule has 1 amide bonds. The van der Waals surface area contributed by atoms with Gasteiger partial charge in [0.2, 0.25) is 5.91 Å². The van der Waals surface area contributed by atoms with Crippen LogP contribution in [0.3, 0.4) is 0 Å². The van der Waals surface area contributed by atoms with E-state index in [1.807, 2.05) is 19.1 Å². The minimum absolute atomic E-state index is 0.000840. The fourth-order valence-corrected chi connectivity index (χ4v) is 2.95. The third-order valence-corrected chi connectivity index (χ3v) is 4.80. The van der Waals surface area contributed by atoms with Crippen LogP contribution in [-0.2, 0) is 17.6 Å². The SMILES string of the molecule is CCc1ccc2c(CC(=O)N(C)C(C)c3ccc(F)cc3)coc2c1. The maximum Gasteiger partial charge on any atom is 0.227 e. The number of carbonyl (C=O) groups is 1. The van der Waals surface area contributed by atoms with Crippen molar-refractivity contribution in [1.29, 1.82) is 0 Å². The normalized spacial score (nSPS) is 12.3. The van der Waals surface area contributed by atoms with Gasteiger partial charge in [-0.05, 0) is 42.7 Å². The van der Waals surface area contributed by atoms with Gasteiger partial charge in [0.25, 0.3) is 0 Å². The quantitative estimate of drug-likeness (QED) is 0.663. The number of carbonyl (C=O) groups excluding carboxylic acids is 1. The van der Waals surface area contributed by atoms with Gasteiger partial charge < -0.3 is 9.32 Å². The predicted octanol–water partition coefficient (Wildman–Crippen LogP) is 4.90. The molecule has 0 aliphatic carbocycles. The summed E-state index contributed by atoms with van der Waals surface area (Å²) in [7, 11) is 1.77. The van der Waals surface area contributed by atoms with E-state index in [2.05, 4.69) is 13.0 Å². The number of rotatable bonds is 5. The molecule has 0 spiro atoms. The second kappa shape index (κ2) is 7.09. The monoisotopic (exact) mass is 339 g/mol. The Morgan fingerprint density at radius 3 is 2.60 bits per heavy atom. The molecule has 0 N–H and O–H groups in total. The molecular weight excluding hydrogens is 317 g/mol. The van der Waals surface area contributed by atoms with Crippen LogP contribution >= 0.6 is 0 Å². The maximum atomic E-state index is 13.1. The Morgan fingerprint density at radius 2 is 1.92 bits per heavy atom. The molecule has 130 valence electrons. The van der Waals surface area contributed by atoms with Crippen LogP contribution in [-0.4, -0.2) is 17.9 Å². The summed E-state index contributed by atoms with van der Waals surface area (Å²) in [5.74, 6) is -0.277. The number of aryl methyl sites for hydroxylation is 1. The van der Waals surface area contributed by atoms with Crippen molar-refractivity contribution in [3.05, 3.63) is 71.2 Å². The Balaban J connectivity index is 1.76. The van der Waals surface area contributed by atoms with Gasteiger partial charge in [0.1, 0.15) is 11.4 Å². The number of halogens is 1. The van der Waals surface area contributed by atoms with Crippen LogP contribution in [0.15, 0.2) is 53.1 Å². The highest BCUT2D eigenvalue weighted by Crippen LogP contribution is 2.25. The Hall–Kier alpha value is -2.62. The number of fused-ring (bicyclic) bond motifs is 1. The molecule has 4 heteroatoms. The van der Waals surface area contributed by atoms with E-state index in [1.165, 1.54) is 17.7 Å². The lowest BCUT2D eigenvalue weighted by Crippen LogP contribution is -2.30. The van der Waals surface area contributed by atoms with Crippen molar-refractivity contribution in [1.82, 2.24) is 4.90 Å². The summed E-state index contributed by atoms with van der Waals surface area (Å²) < 4.78 is 18.7. The first-order chi connectivity index (χ1) is 12.0. The van der Waals surface area contributed by atoms with Crippen molar-refractivity contribution in [2.75, 3.05) is 7.05 Å². The van der Waals surface area contributed by atoms with Crippen LogP contribution in [0.25, 0.3) is 11.0 Å². The van der Waals surface area contributed by atoms with Gasteiger partial charge in [0.05, 0.1) is 18.7 Å². The Bertz CT molecular complexity index is 883. The molecular formula is C21H22FNO2. The lowest BCUT2D eigenvalue weighted by molar-refractivity contribution is -0.131. The largest absolute Gasteiger partial charge is 0.464 e. The smallest absolute Gasteiger partial charge is 0.227 e. The predicted molar refractivity (Wildman–Crippen MR) is 96.9 cm³/mol. The van der Waals surface area contributed by atoms with E-state index in [4.69, 9.17) is 4.42 Å². The minimum Gasteiger partial charge on any atom is -0.464 e. The van der Waals surface area contributed by atoms with Crippen molar-refractivity contribution in [2.45, 2.75) is 32.7 Å². The van der Waals surface area contributed by atoms with Crippen molar-refractivity contribution in [3.63, 3.8) is 0 Å². The number of benzene rings is 2. The summed E-state index contributed by atoms with van der Waals surface area (Å²) in [4.78, 5) is 14.4. The van der Waals surface area contributed by atoms with Gasteiger partial charge in [0.15, 0.2) is 0 Å². The minimum atomic E-state index is -0.277. The Morgan fingerprint density at radius 1 is 1.20 bits per heavy atom. The molecule has 3 rings (SSSR count). The van der Waals surface area contributed by atoms with Gasteiger partial charge in [-0.1, -0.05) is 31.2 Å². The van der Waals surface area contributed by atoms with Crippen molar-refractivity contribution < 1.29 is 13.6 Å². The van der Waals surface area contributed by atoms with E-state index in [9.17, 15) is 9.18 Å². The topological polar surface area (TPSA) is 33.5 Å². The molecule has 1 atom stereocenters. The molecule has 1 aromatic heterocycles. The molecule has 0 radical (unpaired) electrons. The molecule has 2 aromatic carbocycles. The Labute approximate surface area is 147 Å². The highest BCUT2D eigenvalue weighted by molar-refractivity contribution is 5.88. The van der Waals surface area contributed by atoms with Crippen LogP contribution < -0.4 is 0 Å². The zero-order valence-corrected chi connectivity index (χ0v) is 14.8. The Kier molecular flexibility index (Phi) is 4.88. The van der Waals surface area contributed by atoms with Crippen LogP contribution in [0.2, 0.25) is 0 Å². The van der Waals surface area contributed by atoms with E-state index >= 15 is 0 Å². The molecule has 0 bridgehead atoms. The van der Waals surface area contributed by atoms with Crippen molar-refractivity contribution in [2.24, 2.45) is 0 Å². The van der Waals surface area contributed by atoms with Gasteiger partial charge in [-0.3, -0.25) is 4.79 Å². The summed E-state index contributed by atoms with van der Waals surface area (Å²) >= 11 is 0. The van der Waals surface area contributed by atoms with E-state index in [0.29, 0.717) is 0 Å². The first kappa shape index (κ1) is 17.2. The molecule has 0 aliphatic heterocycles. The highest BCUT2D eigenvalue weighted by atomic mass is 19.1. The van der Waals surface area contributed by atoms with Crippen LogP contribution in [0, 0.1) is 5.82 Å². The first-order valence-electron chi connectivity index (χ1n) is 8.49. The van der Waals surface area contributed by atoms with Gasteiger partial charge in [-0.25, -0.2) is 4.39 Å². The average molecular weight is 339 g/mol. The summed E-state index contributed by atoms with van der Waals surface area (Å²) in [6.07, 6.45) is 2.89. The van der Waals surface area contributed by atoms with Gasteiger partial charge in [-0.15, -0.1) is 0 Å². The fourth-order valence-electron chi connectivity index (χ4n) is 2.95. The maximum absolute atomic E-state index is 13.1. The first-order valence-corrected chi connectivity index (χ1v) is 8.49. The molecule has 1 heterocycles. The molecule has 1 unspecified atom stereocenters. The third kappa shape index (κ3) is 3.58. The van der Waals surface area contributed by atoms with E-state index < -0.39 is 0 Å². The van der Waals surface area contributed by atoms with Crippen molar-refractivity contribution >= 4 is 16.9 Å². The molecule has 25 heavy (non-hydrogen) atoms. The zero-order chi connectivity index (χ0) is 18.0. The second-order valence-electron chi connectivity index (χ2n) is 6.35. The zero-order valence-electron chi connectivity index (χ0n) is 14.8. The average Bonchev–Trinajstić information content (AvgIpc) is 3.03. The van der Waals surface area contributed by atoms with Gasteiger partial charge in [-0.2, -0.15) is 0 Å². The van der Waals surface area contributed by atoms with Crippen molar-refractivity contribution in [3.8, 4) is 0 Å². The van der Waals surface area contributed by atoms with Gasteiger partial charge in [0, 0.05) is 18.0 Å². The van der Waals surface area contributed by atoms with E-state index in [1.54, 1.807) is 30.3 Å². The number of likely N-dealkylation sites (N-methyl/N-ethyl adjacent to an activating group) is 1. The van der Waals surface area contributed by atoms with E-state index in [0.717, 1.165) is 28.5 Å². The molecule has 3 nitrogen and oxygen atoms in total. The van der Waals surface area contributed by atoms with Crippen LogP contribution in [0.4, 0.5) is 4.39 Å². The molecule has 3 aromatic rings. The molecule has 0 fully saturated rings. The number of furan rings is 1. The van der Waals surface area contributed by atoms with Gasteiger partial charge >= 0.3 is 0 Å². The van der Waals surface area contributed by atoms with Crippen LogP contribution in [0.5, 0.6) is 0 Å². The fraction of sp³-hybridized carbons (Fsp3) is 0.286. The van der Waals surface area contributed by atoms with Crippen LogP contribution in [0.1, 0.15) is 36.6 Å². The summed E-state index contributed by atoms with van der Waals surface area (Å²) in [5, 5.41) is 0.980. The summed E-state index contributed by atoms with van der Waals surface area (Å²) in [6.45, 7) is 4.03. The standard InChI is InChI=1S/C21H22FNO2/c1-4-15-5-10-19-17(13-25-20(19)11-15)12-21(24)23(3)14(2)16-6-8-18(22)9-7-16/h5-11,13-14H,4,12H2,1-3H3. The number of hydrogen-bond donors (Lipinski definition) is 0. The molecule has 0 saturated heterocycles. The number of hydrogen-bond acceptors (Lipinski definition) is 2. The lowest BCUT2D eigenvalue weighted by Gasteiger charge is -2.25. The summed E-state index contributed by atoms with van der Waals surface area (Å²) in [6, 6.07) is 12.2. The number of amides is 1. The highest BCUT2D eigenvalue weighted by Gasteiger charge is 2.19. The molecule has 0 aliphatic rings. The van der Waals surface area contributed by atoms with E-state index in [-0.39, 0.29) is 24.2 Å². The summed E-state index contributed by atoms with van der Waals surface area (Å²) in [5.41, 5.74) is 3.82. The lowest BCUT2D eigenvalue weighted by atomic mass is 10.0.